The zero-order chi connectivity index (χ0) is 16.1. The van der Waals surface area contributed by atoms with Gasteiger partial charge in [0, 0.05) is 30.9 Å². The minimum atomic E-state index is -0.412. The smallest absolute Gasteiger partial charge is 0.270 e. The van der Waals surface area contributed by atoms with Crippen LogP contribution in [0.5, 0.6) is 0 Å². The van der Waals surface area contributed by atoms with E-state index in [0.717, 1.165) is 28.9 Å². The van der Waals surface area contributed by atoms with Crippen molar-refractivity contribution >= 4 is 44.9 Å². The van der Waals surface area contributed by atoms with Gasteiger partial charge in [-0.25, -0.2) is 0 Å². The Bertz CT molecular complexity index is 764. The highest BCUT2D eigenvalue weighted by atomic mass is 32.2. The average Bonchev–Trinajstić information content (AvgIpc) is 2.81. The van der Waals surface area contributed by atoms with Gasteiger partial charge in [-0.05, 0) is 18.7 Å². The number of fused-ring (bicyclic) bond motifs is 1. The molecule has 0 bridgehead atoms. The molecular formula is C14H17N3O3S2. The molecule has 1 amide bonds. The van der Waals surface area contributed by atoms with Crippen molar-refractivity contribution in [1.82, 2.24) is 4.57 Å². The lowest BCUT2D eigenvalue weighted by molar-refractivity contribution is -0.384. The summed E-state index contributed by atoms with van der Waals surface area (Å²) in [5, 5.41) is 10.9. The molecule has 0 aliphatic heterocycles. The van der Waals surface area contributed by atoms with Crippen LogP contribution in [-0.4, -0.2) is 27.4 Å². The second-order valence-electron chi connectivity index (χ2n) is 4.69. The van der Waals surface area contributed by atoms with E-state index in [1.165, 1.54) is 17.4 Å². The van der Waals surface area contributed by atoms with Gasteiger partial charge in [-0.15, -0.1) is 0 Å². The molecule has 0 N–H and O–H groups in total. The van der Waals surface area contributed by atoms with E-state index in [0.29, 0.717) is 11.2 Å². The first kappa shape index (κ1) is 16.7. The topological polar surface area (TPSA) is 77.5 Å². The lowest BCUT2D eigenvalue weighted by atomic mass is 10.3. The number of aryl methyl sites for hydroxylation is 1. The van der Waals surface area contributed by atoms with E-state index >= 15 is 0 Å². The van der Waals surface area contributed by atoms with Crippen LogP contribution in [0.2, 0.25) is 0 Å². The number of nitrogens with zero attached hydrogens (tertiary/aromatic N) is 3. The summed E-state index contributed by atoms with van der Waals surface area (Å²) in [6.45, 7) is 2.65. The summed E-state index contributed by atoms with van der Waals surface area (Å²) >= 11 is 3.03. The number of thiazole rings is 1. The monoisotopic (exact) mass is 339 g/mol. The van der Waals surface area contributed by atoms with Crippen molar-refractivity contribution in [3.8, 4) is 0 Å². The van der Waals surface area contributed by atoms with Gasteiger partial charge in [0.25, 0.3) is 5.69 Å². The van der Waals surface area contributed by atoms with Crippen LogP contribution in [0.1, 0.15) is 19.8 Å². The molecule has 0 unspecified atom stereocenters. The van der Waals surface area contributed by atoms with Gasteiger partial charge >= 0.3 is 0 Å². The molecule has 0 aliphatic rings. The molecule has 0 saturated carbocycles. The van der Waals surface area contributed by atoms with Gasteiger partial charge in [0.15, 0.2) is 4.80 Å². The van der Waals surface area contributed by atoms with Crippen LogP contribution >= 0.6 is 23.1 Å². The maximum atomic E-state index is 11.8. The molecule has 0 aliphatic carbocycles. The molecule has 1 heterocycles. The van der Waals surface area contributed by atoms with Crippen molar-refractivity contribution in [3.63, 3.8) is 0 Å². The molecule has 6 nitrogen and oxygen atoms in total. The summed E-state index contributed by atoms with van der Waals surface area (Å²) < 4.78 is 2.74. The summed E-state index contributed by atoms with van der Waals surface area (Å²) in [4.78, 5) is 27.1. The number of thioether (sulfide) groups is 1. The highest BCUT2D eigenvalue weighted by molar-refractivity contribution is 7.98. The fourth-order valence-corrected chi connectivity index (χ4v) is 3.51. The number of nitro groups is 1. The number of rotatable bonds is 6. The molecule has 0 radical (unpaired) electrons. The molecule has 0 spiro atoms. The standard InChI is InChI=1S/C14H17N3O3S2/c1-3-4-13(18)15-14-16(7-8-21-2)11-6-5-10(17(19)20)9-12(11)22-14/h5-6,9H,3-4,7-8H2,1-2H3. The number of benzene rings is 1. The number of hydrogen-bond acceptors (Lipinski definition) is 5. The Morgan fingerprint density at radius 1 is 1.50 bits per heavy atom. The van der Waals surface area contributed by atoms with E-state index in [1.807, 2.05) is 17.7 Å². The molecule has 2 rings (SSSR count). The first-order valence-electron chi connectivity index (χ1n) is 6.91. The number of amides is 1. The third-order valence-electron chi connectivity index (χ3n) is 3.08. The summed E-state index contributed by atoms with van der Waals surface area (Å²) in [6.07, 6.45) is 3.18. The van der Waals surface area contributed by atoms with E-state index < -0.39 is 4.92 Å². The predicted octanol–water partition coefficient (Wildman–Crippen LogP) is 3.20. The summed E-state index contributed by atoms with van der Waals surface area (Å²) in [6, 6.07) is 4.76. The number of non-ortho nitro benzene ring substituents is 1. The van der Waals surface area contributed by atoms with E-state index in [1.54, 1.807) is 23.9 Å². The zero-order valence-corrected chi connectivity index (χ0v) is 14.1. The van der Waals surface area contributed by atoms with Crippen LogP contribution in [-0.2, 0) is 11.3 Å². The normalized spacial score (nSPS) is 12.0. The van der Waals surface area contributed by atoms with Crippen LogP contribution in [0.3, 0.4) is 0 Å². The summed E-state index contributed by atoms with van der Waals surface area (Å²) in [7, 11) is 0. The lowest BCUT2D eigenvalue weighted by Crippen LogP contribution is -2.18. The minimum Gasteiger partial charge on any atom is -0.316 e. The Kier molecular flexibility index (Phi) is 5.73. The maximum absolute atomic E-state index is 11.8. The molecule has 0 saturated heterocycles. The molecular weight excluding hydrogens is 322 g/mol. The van der Waals surface area contributed by atoms with Crippen LogP contribution in [0.25, 0.3) is 10.2 Å². The number of carbonyl (C=O) groups is 1. The molecule has 2 aromatic rings. The Balaban J connectivity index is 2.57. The van der Waals surface area contributed by atoms with Crippen LogP contribution in [0.15, 0.2) is 23.2 Å². The van der Waals surface area contributed by atoms with Gasteiger partial charge in [0.2, 0.25) is 5.91 Å². The summed E-state index contributed by atoms with van der Waals surface area (Å²) in [5.74, 6) is 0.735. The molecule has 118 valence electrons. The quantitative estimate of drug-likeness (QED) is 0.598. The Hall–Kier alpha value is -1.67. The largest absolute Gasteiger partial charge is 0.316 e. The Morgan fingerprint density at radius 3 is 2.91 bits per heavy atom. The van der Waals surface area contributed by atoms with Gasteiger partial charge < -0.3 is 4.57 Å². The van der Waals surface area contributed by atoms with Gasteiger partial charge in [-0.2, -0.15) is 16.8 Å². The van der Waals surface area contributed by atoms with Crippen molar-refractivity contribution in [1.29, 1.82) is 0 Å². The van der Waals surface area contributed by atoms with E-state index in [2.05, 4.69) is 4.99 Å². The third-order valence-corrected chi connectivity index (χ3v) is 4.71. The lowest BCUT2D eigenvalue weighted by Gasteiger charge is -2.03. The van der Waals surface area contributed by atoms with Crippen LogP contribution in [0.4, 0.5) is 5.69 Å². The van der Waals surface area contributed by atoms with Crippen LogP contribution in [0, 0.1) is 10.1 Å². The molecule has 1 aromatic heterocycles. The average molecular weight is 339 g/mol. The number of hydrogen-bond donors (Lipinski definition) is 0. The number of nitro benzene ring substituents is 1. The molecule has 0 fully saturated rings. The fraction of sp³-hybridized carbons (Fsp3) is 0.429. The fourth-order valence-electron chi connectivity index (χ4n) is 2.04. The van der Waals surface area contributed by atoms with Crippen LogP contribution < -0.4 is 4.80 Å². The van der Waals surface area contributed by atoms with Gasteiger partial charge in [0.1, 0.15) is 0 Å². The molecule has 1 aromatic carbocycles. The predicted molar refractivity (Wildman–Crippen MR) is 90.3 cm³/mol. The number of aromatic nitrogens is 1. The van der Waals surface area contributed by atoms with Crippen molar-refractivity contribution in [2.45, 2.75) is 26.3 Å². The van der Waals surface area contributed by atoms with Crippen molar-refractivity contribution in [3.05, 3.63) is 33.1 Å². The summed E-state index contributed by atoms with van der Waals surface area (Å²) in [5.41, 5.74) is 0.935. The first-order chi connectivity index (χ1) is 10.6. The van der Waals surface area contributed by atoms with E-state index in [9.17, 15) is 14.9 Å². The second-order valence-corrected chi connectivity index (χ2v) is 6.69. The SMILES string of the molecule is CCCC(=O)N=c1sc2cc([N+](=O)[O-])ccc2n1CCSC. The van der Waals surface area contributed by atoms with Gasteiger partial charge in [-0.1, -0.05) is 18.3 Å². The van der Waals surface area contributed by atoms with Gasteiger partial charge in [0.05, 0.1) is 15.1 Å². The van der Waals surface area contributed by atoms with Crippen molar-refractivity contribution in [2.24, 2.45) is 4.99 Å². The molecule has 22 heavy (non-hydrogen) atoms. The zero-order valence-electron chi connectivity index (χ0n) is 12.4. The molecule has 0 atom stereocenters. The third kappa shape index (κ3) is 3.75. The Morgan fingerprint density at radius 2 is 2.27 bits per heavy atom. The molecule has 8 heteroatoms. The second kappa shape index (κ2) is 7.55. The Labute approximate surface area is 136 Å². The highest BCUT2D eigenvalue weighted by Gasteiger charge is 2.12. The number of carbonyl (C=O) groups excluding carboxylic acids is 1. The van der Waals surface area contributed by atoms with Crippen molar-refractivity contribution in [2.75, 3.05) is 12.0 Å². The maximum Gasteiger partial charge on any atom is 0.270 e. The van der Waals surface area contributed by atoms with Crippen molar-refractivity contribution < 1.29 is 9.72 Å². The van der Waals surface area contributed by atoms with E-state index in [-0.39, 0.29) is 11.6 Å². The highest BCUT2D eigenvalue weighted by Crippen LogP contribution is 2.23. The van der Waals surface area contributed by atoms with E-state index in [4.69, 9.17) is 0 Å². The first-order valence-corrected chi connectivity index (χ1v) is 9.12. The minimum absolute atomic E-state index is 0.0530. The van der Waals surface area contributed by atoms with Gasteiger partial charge in [-0.3, -0.25) is 14.9 Å².